The first-order chi connectivity index (χ1) is 10.6. The highest BCUT2D eigenvalue weighted by Gasteiger charge is 2.23. The van der Waals surface area contributed by atoms with Crippen LogP contribution in [0.4, 0.5) is 0 Å². The summed E-state index contributed by atoms with van der Waals surface area (Å²) in [7, 11) is 0. The van der Waals surface area contributed by atoms with Gasteiger partial charge in [-0.05, 0) is 32.1 Å². The predicted molar refractivity (Wildman–Crippen MR) is 78.6 cm³/mol. The van der Waals surface area contributed by atoms with Gasteiger partial charge in [0.25, 0.3) is 0 Å². The minimum Gasteiger partial charge on any atom is -0.478 e. The minimum absolute atomic E-state index is 0.0975. The van der Waals surface area contributed by atoms with E-state index in [2.05, 4.69) is 6.58 Å². The third-order valence-electron chi connectivity index (χ3n) is 4.19. The molecule has 2 rings (SSSR count). The Kier molecular flexibility index (Phi) is 7.32. The molecule has 0 aliphatic heterocycles. The molecule has 0 radical (unpaired) electrons. The van der Waals surface area contributed by atoms with Gasteiger partial charge in [-0.3, -0.25) is 0 Å². The maximum Gasteiger partial charge on any atom is 0.330 e. The van der Waals surface area contributed by atoms with Crippen molar-refractivity contribution in [1.29, 1.82) is 0 Å². The Morgan fingerprint density at radius 1 is 1.00 bits per heavy atom. The maximum absolute atomic E-state index is 10.8. The van der Waals surface area contributed by atoms with Crippen molar-refractivity contribution in [3.63, 3.8) is 0 Å². The maximum atomic E-state index is 10.8. The predicted octanol–water partition coefficient (Wildman–Crippen LogP) is 3.52. The van der Waals surface area contributed by atoms with Crippen molar-refractivity contribution in [3.05, 3.63) is 12.2 Å². The van der Waals surface area contributed by atoms with E-state index in [1.165, 1.54) is 0 Å². The van der Waals surface area contributed by atoms with E-state index in [9.17, 15) is 4.79 Å². The summed E-state index contributed by atoms with van der Waals surface area (Å²) in [5.74, 6) is -1.01. The van der Waals surface area contributed by atoms with Crippen molar-refractivity contribution >= 4 is 5.97 Å². The molecular formula is C16H26O6. The molecule has 0 bridgehead atoms. The van der Waals surface area contributed by atoms with Gasteiger partial charge in [0, 0.05) is 12.0 Å². The Morgan fingerprint density at radius 3 is 1.86 bits per heavy atom. The molecule has 1 N–H and O–H groups in total. The van der Waals surface area contributed by atoms with Crippen LogP contribution in [0, 0.1) is 0 Å². The highest BCUT2D eigenvalue weighted by atomic mass is 17.3. The summed E-state index contributed by atoms with van der Waals surface area (Å²) in [6, 6.07) is 0. The molecule has 0 unspecified atom stereocenters. The van der Waals surface area contributed by atoms with Gasteiger partial charge in [0.2, 0.25) is 6.29 Å². The first kappa shape index (κ1) is 17.4. The van der Waals surface area contributed by atoms with Gasteiger partial charge >= 0.3 is 5.97 Å². The molecule has 126 valence electrons. The van der Waals surface area contributed by atoms with E-state index in [0.717, 1.165) is 51.4 Å². The molecule has 2 saturated carbocycles. The van der Waals surface area contributed by atoms with Crippen molar-refractivity contribution in [3.8, 4) is 0 Å². The van der Waals surface area contributed by atoms with Gasteiger partial charge in [0.05, 0.1) is 12.2 Å². The van der Waals surface area contributed by atoms with Crippen LogP contribution in [0.15, 0.2) is 12.2 Å². The third-order valence-corrected chi connectivity index (χ3v) is 4.19. The zero-order valence-corrected chi connectivity index (χ0v) is 13.0. The number of aliphatic carboxylic acids is 1. The average molecular weight is 314 g/mol. The summed E-state index contributed by atoms with van der Waals surface area (Å²) < 4.78 is 0. The van der Waals surface area contributed by atoms with Crippen LogP contribution in [-0.2, 0) is 24.3 Å². The number of carbonyl (C=O) groups is 1. The molecule has 0 spiro atoms. The van der Waals surface area contributed by atoms with Gasteiger partial charge in [0.15, 0.2) is 0 Å². The van der Waals surface area contributed by atoms with Crippen molar-refractivity contribution < 1.29 is 29.5 Å². The number of carboxylic acids is 1. The van der Waals surface area contributed by atoms with Crippen LogP contribution >= 0.6 is 0 Å². The van der Waals surface area contributed by atoms with Crippen molar-refractivity contribution in [2.45, 2.75) is 82.7 Å². The summed E-state index contributed by atoms with van der Waals surface area (Å²) in [5, 5.41) is 8.86. The van der Waals surface area contributed by atoms with Crippen LogP contribution in [0.3, 0.4) is 0 Å². The normalized spacial score (nSPS) is 20.0. The van der Waals surface area contributed by atoms with Crippen molar-refractivity contribution in [2.24, 2.45) is 0 Å². The van der Waals surface area contributed by atoms with E-state index in [1.54, 1.807) is 0 Å². The molecule has 6 heteroatoms. The SMILES string of the molecule is C=C(CCC(OOC1CCCC1)OOC1CCCC1)C(=O)O. The van der Waals surface area contributed by atoms with E-state index in [0.29, 0.717) is 6.42 Å². The molecule has 2 fully saturated rings. The highest BCUT2D eigenvalue weighted by Crippen LogP contribution is 2.24. The zero-order valence-electron chi connectivity index (χ0n) is 13.0. The Labute approximate surface area is 131 Å². The van der Waals surface area contributed by atoms with Gasteiger partial charge in [-0.1, -0.05) is 32.3 Å². The molecule has 22 heavy (non-hydrogen) atoms. The van der Waals surface area contributed by atoms with E-state index in [4.69, 9.17) is 24.7 Å². The lowest BCUT2D eigenvalue weighted by Crippen LogP contribution is -2.24. The second-order valence-corrected chi connectivity index (χ2v) is 6.07. The standard InChI is InChI=1S/C16H26O6/c1-12(16(17)18)10-11-15(21-19-13-6-2-3-7-13)22-20-14-8-4-5-9-14/h13-15H,1-11H2,(H,17,18). The van der Waals surface area contributed by atoms with E-state index >= 15 is 0 Å². The van der Waals surface area contributed by atoms with Crippen LogP contribution in [0.1, 0.15) is 64.2 Å². The summed E-state index contributed by atoms with van der Waals surface area (Å²) >= 11 is 0. The topological polar surface area (TPSA) is 74.2 Å². The molecule has 0 heterocycles. The van der Waals surface area contributed by atoms with Crippen LogP contribution in [-0.4, -0.2) is 29.6 Å². The molecule has 2 aliphatic carbocycles. The molecule has 0 aromatic rings. The first-order valence-corrected chi connectivity index (χ1v) is 8.20. The molecule has 6 nitrogen and oxygen atoms in total. The second kappa shape index (κ2) is 9.25. The van der Waals surface area contributed by atoms with Crippen LogP contribution in [0.5, 0.6) is 0 Å². The highest BCUT2D eigenvalue weighted by molar-refractivity contribution is 5.85. The Balaban J connectivity index is 1.73. The smallest absolute Gasteiger partial charge is 0.330 e. The largest absolute Gasteiger partial charge is 0.478 e. The van der Waals surface area contributed by atoms with Crippen molar-refractivity contribution in [2.75, 3.05) is 0 Å². The monoisotopic (exact) mass is 314 g/mol. The van der Waals surface area contributed by atoms with Gasteiger partial charge in [0.1, 0.15) is 0 Å². The second-order valence-electron chi connectivity index (χ2n) is 6.07. The fraction of sp³-hybridized carbons (Fsp3) is 0.812. The molecule has 0 saturated heterocycles. The van der Waals surface area contributed by atoms with Gasteiger partial charge in [-0.15, -0.1) is 0 Å². The lowest BCUT2D eigenvalue weighted by atomic mass is 10.1. The first-order valence-electron chi connectivity index (χ1n) is 8.20. The van der Waals surface area contributed by atoms with Crippen LogP contribution in [0.2, 0.25) is 0 Å². The minimum atomic E-state index is -1.01. The van der Waals surface area contributed by atoms with Crippen LogP contribution < -0.4 is 0 Å². The fourth-order valence-electron chi connectivity index (χ4n) is 2.76. The van der Waals surface area contributed by atoms with Gasteiger partial charge in [-0.25, -0.2) is 24.3 Å². The lowest BCUT2D eigenvalue weighted by molar-refractivity contribution is -0.480. The molecule has 0 amide bonds. The molecule has 0 aromatic carbocycles. The molecule has 2 aliphatic rings. The summed E-state index contributed by atoms with van der Waals surface area (Å²) in [6.45, 7) is 3.51. The fourth-order valence-corrected chi connectivity index (χ4v) is 2.76. The van der Waals surface area contributed by atoms with Crippen molar-refractivity contribution in [1.82, 2.24) is 0 Å². The zero-order chi connectivity index (χ0) is 15.8. The number of hydrogen-bond acceptors (Lipinski definition) is 5. The molecule has 0 aromatic heterocycles. The lowest BCUT2D eigenvalue weighted by Gasteiger charge is -2.20. The summed E-state index contributed by atoms with van der Waals surface area (Å²) in [4.78, 5) is 32.3. The molecule has 0 atom stereocenters. The Bertz CT molecular complexity index is 338. The van der Waals surface area contributed by atoms with E-state index in [1.807, 2.05) is 0 Å². The average Bonchev–Trinajstić information content (AvgIpc) is 3.19. The van der Waals surface area contributed by atoms with Gasteiger partial charge < -0.3 is 5.11 Å². The summed E-state index contributed by atoms with van der Waals surface area (Å²) in [5.41, 5.74) is 0.124. The quantitative estimate of drug-likeness (QED) is 0.288. The number of hydrogen-bond donors (Lipinski definition) is 1. The third kappa shape index (κ3) is 6.04. The van der Waals surface area contributed by atoms with E-state index < -0.39 is 12.3 Å². The Morgan fingerprint density at radius 2 is 1.45 bits per heavy atom. The molecular weight excluding hydrogens is 288 g/mol. The Hall–Kier alpha value is -0.950. The summed E-state index contributed by atoms with van der Waals surface area (Å²) in [6.07, 6.45) is 8.60. The van der Waals surface area contributed by atoms with E-state index in [-0.39, 0.29) is 24.2 Å². The number of rotatable bonds is 10. The van der Waals surface area contributed by atoms with Crippen LogP contribution in [0.25, 0.3) is 0 Å². The number of carboxylic acid groups (broad SMARTS) is 1. The van der Waals surface area contributed by atoms with Gasteiger partial charge in [-0.2, -0.15) is 0 Å².